The van der Waals surface area contributed by atoms with Crippen LogP contribution in [-0.4, -0.2) is 49.7 Å². The first kappa shape index (κ1) is 19.7. The van der Waals surface area contributed by atoms with Gasteiger partial charge in [-0.1, -0.05) is 24.3 Å². The van der Waals surface area contributed by atoms with E-state index in [2.05, 4.69) is 0 Å². The first-order valence-electron chi connectivity index (χ1n) is 8.93. The highest BCUT2D eigenvalue weighted by Gasteiger charge is 2.41. The van der Waals surface area contributed by atoms with Crippen molar-refractivity contribution in [3.8, 4) is 11.5 Å². The minimum absolute atomic E-state index is 0.0956. The van der Waals surface area contributed by atoms with Crippen LogP contribution < -0.4 is 9.47 Å². The molecule has 6 nitrogen and oxygen atoms in total. The molecule has 1 heterocycles. The van der Waals surface area contributed by atoms with E-state index in [0.717, 1.165) is 5.56 Å². The molecule has 0 radical (unpaired) electrons. The molecule has 0 spiro atoms. The van der Waals surface area contributed by atoms with Gasteiger partial charge in [0.25, 0.3) is 0 Å². The Bertz CT molecular complexity index is 856. The van der Waals surface area contributed by atoms with Gasteiger partial charge in [0.2, 0.25) is 5.91 Å². The predicted molar refractivity (Wildman–Crippen MR) is 99.6 cm³/mol. The molecule has 7 heteroatoms. The number of carbonyl (C=O) groups is 2. The zero-order chi connectivity index (χ0) is 20.1. The number of hydrogen-bond acceptors (Lipinski definition) is 5. The van der Waals surface area contributed by atoms with Crippen LogP contribution in [0.3, 0.4) is 0 Å². The molecule has 1 aliphatic rings. The maximum Gasteiger partial charge on any atom is 0.328 e. The summed E-state index contributed by atoms with van der Waals surface area (Å²) in [6.45, 7) is 0.177. The third-order valence-corrected chi connectivity index (χ3v) is 4.68. The van der Waals surface area contributed by atoms with E-state index in [1.165, 1.54) is 24.1 Å². The van der Waals surface area contributed by atoms with E-state index in [0.29, 0.717) is 5.75 Å². The van der Waals surface area contributed by atoms with Crippen molar-refractivity contribution in [2.75, 3.05) is 20.8 Å². The van der Waals surface area contributed by atoms with Gasteiger partial charge in [-0.05, 0) is 29.8 Å². The lowest BCUT2D eigenvalue weighted by molar-refractivity contribution is -0.150. The third-order valence-electron chi connectivity index (χ3n) is 4.68. The number of esters is 1. The highest BCUT2D eigenvalue weighted by Crippen LogP contribution is 2.26. The van der Waals surface area contributed by atoms with Crippen LogP contribution in [0.1, 0.15) is 12.0 Å². The van der Waals surface area contributed by atoms with E-state index < -0.39 is 23.9 Å². The van der Waals surface area contributed by atoms with Gasteiger partial charge in [-0.2, -0.15) is 0 Å². The Morgan fingerprint density at radius 3 is 2.64 bits per heavy atom. The van der Waals surface area contributed by atoms with Crippen molar-refractivity contribution in [3.63, 3.8) is 0 Å². The predicted octanol–water partition coefficient (Wildman–Crippen LogP) is 2.60. The fraction of sp³-hybridized carbons (Fsp3) is 0.333. The average Bonchev–Trinajstić information content (AvgIpc) is 3.13. The number of rotatable bonds is 6. The molecule has 1 aliphatic heterocycles. The molecule has 0 unspecified atom stereocenters. The quantitative estimate of drug-likeness (QED) is 0.713. The van der Waals surface area contributed by atoms with Crippen molar-refractivity contribution in [3.05, 3.63) is 59.9 Å². The topological polar surface area (TPSA) is 65.1 Å². The first-order chi connectivity index (χ1) is 13.5. The lowest BCUT2D eigenvalue weighted by atomic mass is 10.1. The van der Waals surface area contributed by atoms with Crippen molar-refractivity contribution < 1.29 is 28.2 Å². The summed E-state index contributed by atoms with van der Waals surface area (Å²) in [6, 6.07) is 12.5. The summed E-state index contributed by atoms with van der Waals surface area (Å²) in [5, 5.41) is 0. The van der Waals surface area contributed by atoms with Crippen molar-refractivity contribution in [2.45, 2.75) is 25.0 Å². The molecule has 1 amide bonds. The van der Waals surface area contributed by atoms with Gasteiger partial charge < -0.3 is 19.1 Å². The molecule has 0 aromatic heterocycles. The minimum atomic E-state index is -0.764. The highest BCUT2D eigenvalue weighted by atomic mass is 19.1. The summed E-state index contributed by atoms with van der Waals surface area (Å²) in [7, 11) is 2.83. The van der Waals surface area contributed by atoms with E-state index >= 15 is 0 Å². The summed E-state index contributed by atoms with van der Waals surface area (Å²) in [5.41, 5.74) is 0.770. The monoisotopic (exact) mass is 387 g/mol. The molecule has 148 valence electrons. The number of nitrogens with zero attached hydrogens (tertiary/aromatic N) is 1. The number of methoxy groups -OCH3 is 2. The van der Waals surface area contributed by atoms with Gasteiger partial charge in [-0.15, -0.1) is 0 Å². The van der Waals surface area contributed by atoms with E-state index in [1.54, 1.807) is 37.4 Å². The Hall–Kier alpha value is -3.09. The van der Waals surface area contributed by atoms with Crippen molar-refractivity contribution >= 4 is 11.9 Å². The standard InChI is InChI=1S/C21H22FNO5/c1-26-15-7-5-6-14(10-15)11-20(24)23-13-16(12-18(23)21(25)27-2)28-19-9-4-3-8-17(19)22/h3-10,16,18H,11-13H2,1-2H3/t16-,18+/m0/s1. The van der Waals surface area contributed by atoms with Gasteiger partial charge in [-0.25, -0.2) is 9.18 Å². The molecule has 2 aromatic rings. The fourth-order valence-corrected chi connectivity index (χ4v) is 3.30. The largest absolute Gasteiger partial charge is 0.497 e. The van der Waals surface area contributed by atoms with Gasteiger partial charge in [0, 0.05) is 6.42 Å². The fourth-order valence-electron chi connectivity index (χ4n) is 3.30. The highest BCUT2D eigenvalue weighted by molar-refractivity contribution is 5.86. The zero-order valence-electron chi connectivity index (χ0n) is 15.8. The van der Waals surface area contributed by atoms with E-state index in [4.69, 9.17) is 14.2 Å². The average molecular weight is 387 g/mol. The van der Waals surface area contributed by atoms with Crippen molar-refractivity contribution in [2.24, 2.45) is 0 Å². The Morgan fingerprint density at radius 1 is 1.14 bits per heavy atom. The Balaban J connectivity index is 1.74. The first-order valence-corrected chi connectivity index (χ1v) is 8.93. The van der Waals surface area contributed by atoms with Crippen molar-refractivity contribution in [1.29, 1.82) is 0 Å². The molecular weight excluding hydrogens is 365 g/mol. The number of carbonyl (C=O) groups excluding carboxylic acids is 2. The summed E-state index contributed by atoms with van der Waals surface area (Å²) in [5.74, 6) is -0.490. The van der Waals surface area contributed by atoms with Gasteiger partial charge in [0.05, 0.1) is 27.2 Å². The van der Waals surface area contributed by atoms with Gasteiger partial charge >= 0.3 is 5.97 Å². The summed E-state index contributed by atoms with van der Waals surface area (Å²) in [6.07, 6.45) is -0.155. The van der Waals surface area contributed by atoms with Crippen LogP contribution in [0.25, 0.3) is 0 Å². The van der Waals surface area contributed by atoms with Crippen LogP contribution in [0.5, 0.6) is 11.5 Å². The smallest absolute Gasteiger partial charge is 0.328 e. The lowest BCUT2D eigenvalue weighted by Crippen LogP contribution is -2.42. The second kappa shape index (κ2) is 8.73. The molecule has 0 saturated carbocycles. The van der Waals surface area contributed by atoms with Crippen LogP contribution in [0.4, 0.5) is 4.39 Å². The molecule has 1 fully saturated rings. The van der Waals surface area contributed by atoms with E-state index in [1.807, 2.05) is 6.07 Å². The van der Waals surface area contributed by atoms with Gasteiger partial charge in [0.15, 0.2) is 11.6 Å². The van der Waals surface area contributed by atoms with E-state index in [9.17, 15) is 14.0 Å². The maximum absolute atomic E-state index is 13.9. The Kier molecular flexibility index (Phi) is 6.13. The molecule has 0 aliphatic carbocycles. The van der Waals surface area contributed by atoms with E-state index in [-0.39, 0.29) is 31.0 Å². The second-order valence-electron chi connectivity index (χ2n) is 6.52. The number of likely N-dealkylation sites (tertiary alicyclic amines) is 1. The van der Waals surface area contributed by atoms with Crippen LogP contribution in [-0.2, 0) is 20.7 Å². The Labute approximate surface area is 162 Å². The lowest BCUT2D eigenvalue weighted by Gasteiger charge is -2.22. The Morgan fingerprint density at radius 2 is 1.93 bits per heavy atom. The molecule has 1 saturated heterocycles. The molecule has 0 bridgehead atoms. The van der Waals surface area contributed by atoms with Crippen LogP contribution in [0.15, 0.2) is 48.5 Å². The van der Waals surface area contributed by atoms with Crippen LogP contribution in [0, 0.1) is 5.82 Å². The molecule has 2 atom stereocenters. The number of amides is 1. The number of hydrogen-bond donors (Lipinski definition) is 0. The maximum atomic E-state index is 13.9. The van der Waals surface area contributed by atoms with Gasteiger partial charge in [-0.3, -0.25) is 4.79 Å². The molecule has 0 N–H and O–H groups in total. The van der Waals surface area contributed by atoms with Gasteiger partial charge in [0.1, 0.15) is 17.9 Å². The number of benzene rings is 2. The van der Waals surface area contributed by atoms with Crippen LogP contribution >= 0.6 is 0 Å². The number of ether oxygens (including phenoxy) is 3. The summed E-state index contributed by atoms with van der Waals surface area (Å²) in [4.78, 5) is 26.5. The minimum Gasteiger partial charge on any atom is -0.497 e. The summed E-state index contributed by atoms with van der Waals surface area (Å²) >= 11 is 0. The third kappa shape index (κ3) is 4.42. The van der Waals surface area contributed by atoms with Crippen LogP contribution in [0.2, 0.25) is 0 Å². The normalized spacial score (nSPS) is 18.6. The van der Waals surface area contributed by atoms with Crippen molar-refractivity contribution in [1.82, 2.24) is 4.90 Å². The zero-order valence-corrected chi connectivity index (χ0v) is 15.8. The molecular formula is C21H22FNO5. The molecule has 3 rings (SSSR count). The summed E-state index contributed by atoms with van der Waals surface area (Å²) < 4.78 is 29.6. The number of para-hydroxylation sites is 1. The second-order valence-corrected chi connectivity index (χ2v) is 6.52. The number of halogens is 1. The molecule has 2 aromatic carbocycles. The SMILES string of the molecule is COC(=O)[C@H]1C[C@H](Oc2ccccc2F)CN1C(=O)Cc1cccc(OC)c1. The molecule has 28 heavy (non-hydrogen) atoms.